The van der Waals surface area contributed by atoms with Gasteiger partial charge in [-0.3, -0.25) is 4.79 Å². The molecule has 2 saturated heterocycles. The summed E-state index contributed by atoms with van der Waals surface area (Å²) in [6.45, 7) is 7.22. The normalized spacial score (nSPS) is 23.0. The highest BCUT2D eigenvalue weighted by Gasteiger charge is 2.40. The van der Waals surface area contributed by atoms with Crippen molar-refractivity contribution in [2.45, 2.75) is 56.6 Å². The first-order valence-corrected chi connectivity index (χ1v) is 14.4. The second kappa shape index (κ2) is 11.2. The molecule has 0 aliphatic carbocycles. The molecule has 0 aromatic heterocycles. The Bertz CT molecular complexity index is 1180. The molecule has 2 aromatic carbocycles. The monoisotopic (exact) mass is 527 g/mol. The predicted molar refractivity (Wildman–Crippen MR) is 141 cm³/mol. The number of carbonyl (C=O) groups is 2. The first-order chi connectivity index (χ1) is 17.5. The molecule has 8 nitrogen and oxygen atoms in total. The molecule has 2 aromatic rings. The van der Waals surface area contributed by atoms with Gasteiger partial charge in [0.15, 0.2) is 0 Å². The van der Waals surface area contributed by atoms with Crippen LogP contribution in [0.5, 0.6) is 0 Å². The summed E-state index contributed by atoms with van der Waals surface area (Å²) < 4.78 is 34.2. The Morgan fingerprint density at radius 1 is 0.946 bits per heavy atom. The largest absolute Gasteiger partial charge is 0.444 e. The number of sulfonamides is 1. The second-order valence-corrected chi connectivity index (χ2v) is 12.8. The SMILES string of the molecule is CC(C)(C)OC(=O)N1CC[C@@H](CNC(=O)[C@H]2CC[C@@H](c3ccccc3)N(S(=O)(=O)c3ccccc3)C2)C1. The van der Waals surface area contributed by atoms with E-state index in [4.69, 9.17) is 4.74 Å². The molecule has 2 heterocycles. The molecular weight excluding hydrogens is 490 g/mol. The summed E-state index contributed by atoms with van der Waals surface area (Å²) in [5, 5.41) is 3.03. The Kier molecular flexibility index (Phi) is 8.23. The van der Waals surface area contributed by atoms with Gasteiger partial charge in [0.25, 0.3) is 0 Å². The van der Waals surface area contributed by atoms with E-state index in [1.807, 2.05) is 51.1 Å². The van der Waals surface area contributed by atoms with Gasteiger partial charge in [-0.05, 0) is 63.6 Å². The Labute approximate surface area is 220 Å². The van der Waals surface area contributed by atoms with Crippen molar-refractivity contribution < 1.29 is 22.7 Å². The van der Waals surface area contributed by atoms with Crippen LogP contribution in [0.3, 0.4) is 0 Å². The summed E-state index contributed by atoms with van der Waals surface area (Å²) in [5.74, 6) is -0.446. The highest BCUT2D eigenvalue weighted by Crippen LogP contribution is 2.37. The molecule has 0 radical (unpaired) electrons. The molecule has 9 heteroatoms. The number of carbonyl (C=O) groups excluding carboxylic acids is 2. The molecule has 2 amide bonds. The maximum Gasteiger partial charge on any atom is 0.410 e. The van der Waals surface area contributed by atoms with Crippen molar-refractivity contribution in [2.24, 2.45) is 11.8 Å². The Balaban J connectivity index is 1.41. The average molecular weight is 528 g/mol. The van der Waals surface area contributed by atoms with E-state index in [0.717, 1.165) is 12.0 Å². The van der Waals surface area contributed by atoms with E-state index in [-0.39, 0.29) is 35.4 Å². The number of benzene rings is 2. The van der Waals surface area contributed by atoms with Crippen molar-refractivity contribution in [3.63, 3.8) is 0 Å². The minimum absolute atomic E-state index is 0.122. The topological polar surface area (TPSA) is 96.0 Å². The summed E-state index contributed by atoms with van der Waals surface area (Å²) in [6, 6.07) is 17.7. The molecule has 0 spiro atoms. The van der Waals surface area contributed by atoms with Crippen LogP contribution < -0.4 is 5.32 Å². The zero-order valence-corrected chi connectivity index (χ0v) is 22.6. The van der Waals surface area contributed by atoms with Crippen LogP contribution >= 0.6 is 0 Å². The van der Waals surface area contributed by atoms with Crippen molar-refractivity contribution in [2.75, 3.05) is 26.2 Å². The van der Waals surface area contributed by atoms with Gasteiger partial charge in [0.2, 0.25) is 15.9 Å². The quantitative estimate of drug-likeness (QED) is 0.607. The zero-order chi connectivity index (χ0) is 26.6. The Morgan fingerprint density at radius 2 is 1.59 bits per heavy atom. The van der Waals surface area contributed by atoms with Gasteiger partial charge < -0.3 is 15.0 Å². The van der Waals surface area contributed by atoms with Gasteiger partial charge in [0.1, 0.15) is 5.60 Å². The summed E-state index contributed by atoms with van der Waals surface area (Å²) in [7, 11) is -3.79. The Morgan fingerprint density at radius 3 is 2.24 bits per heavy atom. The zero-order valence-electron chi connectivity index (χ0n) is 21.8. The maximum absolute atomic E-state index is 13.6. The number of amides is 2. The first-order valence-electron chi connectivity index (χ1n) is 12.9. The van der Waals surface area contributed by atoms with Crippen molar-refractivity contribution in [3.05, 3.63) is 66.2 Å². The van der Waals surface area contributed by atoms with E-state index in [1.165, 1.54) is 4.31 Å². The number of hydrogen-bond donors (Lipinski definition) is 1. The molecule has 4 rings (SSSR count). The van der Waals surface area contributed by atoms with E-state index in [9.17, 15) is 18.0 Å². The lowest BCUT2D eigenvalue weighted by atomic mass is 9.90. The lowest BCUT2D eigenvalue weighted by molar-refractivity contribution is -0.126. The standard InChI is InChI=1S/C28H37N3O5S/c1-28(2,3)36-27(33)30-17-16-21(19-30)18-29-26(32)23-14-15-25(22-10-6-4-7-11-22)31(20-23)37(34,35)24-12-8-5-9-13-24/h4-13,21,23,25H,14-20H2,1-3H3,(H,29,32)/t21-,23-,25-/m0/s1. The number of nitrogens with zero attached hydrogens (tertiary/aromatic N) is 2. The Hall–Kier alpha value is -2.91. The number of likely N-dealkylation sites (tertiary alicyclic amines) is 1. The third kappa shape index (κ3) is 6.70. The lowest BCUT2D eigenvalue weighted by Gasteiger charge is -2.38. The van der Waals surface area contributed by atoms with Crippen molar-refractivity contribution in [1.29, 1.82) is 0 Å². The van der Waals surface area contributed by atoms with Gasteiger partial charge >= 0.3 is 6.09 Å². The van der Waals surface area contributed by atoms with Gasteiger partial charge in [0.05, 0.1) is 16.9 Å². The van der Waals surface area contributed by atoms with Crippen LogP contribution in [-0.4, -0.2) is 61.4 Å². The summed E-state index contributed by atoms with van der Waals surface area (Å²) in [6.07, 6.45) is 1.61. The van der Waals surface area contributed by atoms with Crippen LogP contribution in [0.25, 0.3) is 0 Å². The van der Waals surface area contributed by atoms with E-state index >= 15 is 0 Å². The van der Waals surface area contributed by atoms with E-state index in [0.29, 0.717) is 32.5 Å². The first kappa shape index (κ1) is 27.1. The fourth-order valence-electron chi connectivity index (χ4n) is 5.04. The molecule has 1 N–H and O–H groups in total. The van der Waals surface area contributed by atoms with Crippen LogP contribution in [0, 0.1) is 11.8 Å². The predicted octanol–water partition coefficient (Wildman–Crippen LogP) is 4.20. The van der Waals surface area contributed by atoms with Crippen molar-refractivity contribution in [1.82, 2.24) is 14.5 Å². The fraction of sp³-hybridized carbons (Fsp3) is 0.500. The van der Waals surface area contributed by atoms with Crippen LogP contribution in [0.2, 0.25) is 0 Å². The molecule has 0 saturated carbocycles. The summed E-state index contributed by atoms with van der Waals surface area (Å²) in [5.41, 5.74) is 0.377. The highest BCUT2D eigenvalue weighted by atomic mass is 32.2. The van der Waals surface area contributed by atoms with Crippen molar-refractivity contribution >= 4 is 22.0 Å². The van der Waals surface area contributed by atoms with Gasteiger partial charge in [-0.25, -0.2) is 13.2 Å². The van der Waals surface area contributed by atoms with Gasteiger partial charge in [-0.2, -0.15) is 4.31 Å². The number of piperidine rings is 1. The molecule has 3 atom stereocenters. The summed E-state index contributed by atoms with van der Waals surface area (Å²) >= 11 is 0. The third-order valence-corrected chi connectivity index (χ3v) is 8.83. The molecule has 2 fully saturated rings. The van der Waals surface area contributed by atoms with Crippen LogP contribution in [-0.2, 0) is 19.6 Å². The number of rotatable bonds is 6. The number of ether oxygens (including phenoxy) is 1. The van der Waals surface area contributed by atoms with Crippen LogP contribution in [0.4, 0.5) is 4.79 Å². The van der Waals surface area contributed by atoms with Gasteiger partial charge in [-0.1, -0.05) is 48.5 Å². The average Bonchev–Trinajstić information content (AvgIpc) is 3.36. The van der Waals surface area contributed by atoms with E-state index < -0.39 is 21.5 Å². The van der Waals surface area contributed by atoms with E-state index in [1.54, 1.807) is 35.2 Å². The van der Waals surface area contributed by atoms with Crippen LogP contribution in [0.15, 0.2) is 65.6 Å². The smallest absolute Gasteiger partial charge is 0.410 e. The molecule has 0 unspecified atom stereocenters. The molecule has 0 bridgehead atoms. The maximum atomic E-state index is 13.6. The summed E-state index contributed by atoms with van der Waals surface area (Å²) in [4.78, 5) is 27.4. The molecular formula is C28H37N3O5S. The van der Waals surface area contributed by atoms with Crippen LogP contribution in [0.1, 0.15) is 51.6 Å². The molecule has 2 aliphatic rings. The van der Waals surface area contributed by atoms with Gasteiger partial charge in [0, 0.05) is 26.2 Å². The molecule has 2 aliphatic heterocycles. The minimum atomic E-state index is -3.79. The molecule has 37 heavy (non-hydrogen) atoms. The van der Waals surface area contributed by atoms with E-state index in [2.05, 4.69) is 5.32 Å². The fourth-order valence-corrected chi connectivity index (χ4v) is 6.75. The minimum Gasteiger partial charge on any atom is -0.444 e. The highest BCUT2D eigenvalue weighted by molar-refractivity contribution is 7.89. The third-order valence-electron chi connectivity index (χ3n) is 6.94. The second-order valence-electron chi connectivity index (χ2n) is 10.9. The van der Waals surface area contributed by atoms with Gasteiger partial charge in [-0.15, -0.1) is 0 Å². The lowest BCUT2D eigenvalue weighted by Crippen LogP contribution is -2.47. The number of nitrogens with one attached hydrogen (secondary N) is 1. The van der Waals surface area contributed by atoms with Crippen molar-refractivity contribution in [3.8, 4) is 0 Å². The number of hydrogen-bond acceptors (Lipinski definition) is 5. The molecule has 200 valence electrons.